The molecule has 29 heavy (non-hydrogen) atoms. The highest BCUT2D eigenvalue weighted by molar-refractivity contribution is 5.78. The first-order chi connectivity index (χ1) is 14.1. The summed E-state index contributed by atoms with van der Waals surface area (Å²) in [6, 6.07) is 3.98. The molecule has 2 saturated heterocycles. The second-order valence-electron chi connectivity index (χ2n) is 8.09. The van der Waals surface area contributed by atoms with Crippen molar-refractivity contribution in [3.05, 3.63) is 36.4 Å². The van der Waals surface area contributed by atoms with Crippen LogP contribution in [0.25, 0.3) is 11.1 Å². The first-order valence-electron chi connectivity index (χ1n) is 10.5. The lowest BCUT2D eigenvalue weighted by atomic mass is 9.90. The van der Waals surface area contributed by atoms with Gasteiger partial charge in [0.05, 0.1) is 18.9 Å². The maximum atomic E-state index is 12.6. The van der Waals surface area contributed by atoms with Crippen LogP contribution in [0.5, 0.6) is 0 Å². The number of pyridine rings is 1. The molecule has 0 radical (unpaired) electrons. The molecule has 2 aromatic rings. The third kappa shape index (κ3) is 4.40. The van der Waals surface area contributed by atoms with E-state index < -0.39 is 0 Å². The van der Waals surface area contributed by atoms with Crippen LogP contribution in [0.2, 0.25) is 0 Å². The second-order valence-corrected chi connectivity index (χ2v) is 8.09. The van der Waals surface area contributed by atoms with Gasteiger partial charge in [0.1, 0.15) is 0 Å². The molecule has 0 saturated carbocycles. The zero-order chi connectivity index (χ0) is 20.2. The smallest absolute Gasteiger partial charge is 0.225 e. The predicted octanol–water partition coefficient (Wildman–Crippen LogP) is 2.74. The lowest BCUT2D eigenvalue weighted by Gasteiger charge is -2.35. The molecule has 2 fully saturated rings. The fraction of sp³-hybridized carbons (Fsp3) is 0.545. The van der Waals surface area contributed by atoms with Gasteiger partial charge in [-0.25, -0.2) is 9.97 Å². The number of anilines is 1. The molecule has 7 heteroatoms. The number of likely N-dealkylation sites (tertiary alicyclic amines) is 1. The van der Waals surface area contributed by atoms with E-state index in [1.807, 2.05) is 43.3 Å². The molecule has 0 bridgehead atoms. The van der Waals surface area contributed by atoms with Gasteiger partial charge in [-0.15, -0.1) is 0 Å². The van der Waals surface area contributed by atoms with E-state index in [2.05, 4.69) is 14.9 Å². The first kappa shape index (κ1) is 19.8. The van der Waals surface area contributed by atoms with Crippen LogP contribution in [0.1, 0.15) is 38.3 Å². The summed E-state index contributed by atoms with van der Waals surface area (Å²) in [5.74, 6) is 1.19. The summed E-state index contributed by atoms with van der Waals surface area (Å²) in [6.07, 6.45) is 7.57. The van der Waals surface area contributed by atoms with Gasteiger partial charge < -0.3 is 14.5 Å². The number of rotatable bonds is 4. The molecular formula is C22H29N5O2. The maximum Gasteiger partial charge on any atom is 0.225 e. The van der Waals surface area contributed by atoms with Crippen LogP contribution in [0.4, 0.5) is 5.95 Å². The fourth-order valence-corrected chi connectivity index (χ4v) is 4.12. The van der Waals surface area contributed by atoms with Crippen LogP contribution in [-0.4, -0.2) is 65.2 Å². The van der Waals surface area contributed by atoms with Gasteiger partial charge >= 0.3 is 0 Å². The predicted molar refractivity (Wildman–Crippen MR) is 112 cm³/mol. The number of ether oxygens (including phenoxy) is 1. The van der Waals surface area contributed by atoms with Crippen LogP contribution in [-0.2, 0) is 9.53 Å². The Hall–Kier alpha value is -2.54. The van der Waals surface area contributed by atoms with Gasteiger partial charge in [0, 0.05) is 67.7 Å². The summed E-state index contributed by atoms with van der Waals surface area (Å²) in [4.78, 5) is 30.8. The van der Waals surface area contributed by atoms with Crippen molar-refractivity contribution in [3.63, 3.8) is 0 Å². The highest BCUT2D eigenvalue weighted by Gasteiger charge is 2.29. The highest BCUT2D eigenvalue weighted by atomic mass is 16.5. The molecule has 4 heterocycles. The molecular weight excluding hydrogens is 366 g/mol. The molecule has 0 aliphatic carbocycles. The second kappa shape index (κ2) is 8.86. The molecule has 0 spiro atoms. The lowest BCUT2D eigenvalue weighted by Crippen LogP contribution is -2.41. The van der Waals surface area contributed by atoms with Crippen molar-refractivity contribution in [2.24, 2.45) is 5.92 Å². The largest absolute Gasteiger partial charge is 0.378 e. The van der Waals surface area contributed by atoms with Crippen LogP contribution in [0, 0.1) is 5.92 Å². The van der Waals surface area contributed by atoms with Crippen LogP contribution in [0.3, 0.4) is 0 Å². The summed E-state index contributed by atoms with van der Waals surface area (Å²) in [5.41, 5.74) is 3.05. The van der Waals surface area contributed by atoms with E-state index in [0.29, 0.717) is 19.8 Å². The van der Waals surface area contributed by atoms with Gasteiger partial charge in [0.25, 0.3) is 0 Å². The average Bonchev–Trinajstić information content (AvgIpc) is 2.79. The summed E-state index contributed by atoms with van der Waals surface area (Å²) >= 11 is 0. The van der Waals surface area contributed by atoms with Gasteiger partial charge in [-0.1, -0.05) is 19.9 Å². The van der Waals surface area contributed by atoms with Gasteiger partial charge in [-0.2, -0.15) is 0 Å². The molecule has 4 rings (SSSR count). The first-order valence-corrected chi connectivity index (χ1v) is 10.5. The molecule has 2 aliphatic rings. The number of hydrogen-bond donors (Lipinski definition) is 0. The van der Waals surface area contributed by atoms with Crippen LogP contribution < -0.4 is 4.90 Å². The monoisotopic (exact) mass is 395 g/mol. The highest BCUT2D eigenvalue weighted by Crippen LogP contribution is 2.34. The fourth-order valence-electron chi connectivity index (χ4n) is 4.12. The Labute approximate surface area is 172 Å². The average molecular weight is 396 g/mol. The normalized spacial score (nSPS) is 20.2. The number of nitrogens with zero attached hydrogens (tertiary/aromatic N) is 5. The lowest BCUT2D eigenvalue weighted by molar-refractivity contribution is -0.135. The third-order valence-corrected chi connectivity index (χ3v) is 5.69. The summed E-state index contributed by atoms with van der Waals surface area (Å²) in [6.45, 7) is 8.47. The van der Waals surface area contributed by atoms with E-state index in [1.54, 1.807) is 6.20 Å². The number of carbonyl (C=O) groups excluding carboxylic acids is 1. The van der Waals surface area contributed by atoms with Crippen molar-refractivity contribution in [1.82, 2.24) is 19.9 Å². The minimum atomic E-state index is 0.0147. The molecule has 2 aromatic heterocycles. The number of hydrogen-bond acceptors (Lipinski definition) is 6. The molecule has 7 nitrogen and oxygen atoms in total. The Morgan fingerprint density at radius 2 is 2.03 bits per heavy atom. The Kier molecular flexibility index (Phi) is 6.04. The van der Waals surface area contributed by atoms with Crippen LogP contribution >= 0.6 is 0 Å². The van der Waals surface area contributed by atoms with Crippen molar-refractivity contribution in [2.75, 3.05) is 44.3 Å². The van der Waals surface area contributed by atoms with Crippen molar-refractivity contribution in [2.45, 2.75) is 32.6 Å². The minimum Gasteiger partial charge on any atom is -0.378 e. The molecule has 0 aromatic carbocycles. The summed E-state index contributed by atoms with van der Waals surface area (Å²) in [7, 11) is 0. The molecule has 154 valence electrons. The Morgan fingerprint density at radius 1 is 1.21 bits per heavy atom. The molecule has 1 unspecified atom stereocenters. The van der Waals surface area contributed by atoms with Gasteiger partial charge in [0.15, 0.2) is 0 Å². The summed E-state index contributed by atoms with van der Waals surface area (Å²) in [5, 5.41) is 0. The quantitative estimate of drug-likeness (QED) is 0.793. The minimum absolute atomic E-state index is 0.0147. The standard InChI is InChI=1S/C22H29N5O2/c1-16(2)21(28)27-8-4-6-18(15-27)20-19(17-5-3-7-23-13-17)14-24-22(25-20)26-9-11-29-12-10-26/h3,5,7,13-14,16,18H,4,6,8-12,15H2,1-2H3. The number of piperidine rings is 1. The van der Waals surface area contributed by atoms with Crippen LogP contribution in [0.15, 0.2) is 30.7 Å². The van der Waals surface area contributed by atoms with E-state index in [9.17, 15) is 4.79 Å². The van der Waals surface area contributed by atoms with E-state index in [0.717, 1.165) is 55.2 Å². The number of aromatic nitrogens is 3. The molecule has 0 N–H and O–H groups in total. The Bertz CT molecular complexity index is 836. The number of amides is 1. The van der Waals surface area contributed by atoms with Crippen molar-refractivity contribution < 1.29 is 9.53 Å². The molecule has 1 atom stereocenters. The van der Waals surface area contributed by atoms with E-state index in [1.165, 1.54) is 0 Å². The SMILES string of the molecule is CC(C)C(=O)N1CCCC(c2nc(N3CCOCC3)ncc2-c2cccnc2)C1. The molecule has 2 aliphatic heterocycles. The zero-order valence-corrected chi connectivity index (χ0v) is 17.3. The van der Waals surface area contributed by atoms with E-state index >= 15 is 0 Å². The summed E-state index contributed by atoms with van der Waals surface area (Å²) < 4.78 is 5.47. The number of carbonyl (C=O) groups is 1. The van der Waals surface area contributed by atoms with Crippen molar-refractivity contribution in [1.29, 1.82) is 0 Å². The number of morpholine rings is 1. The van der Waals surface area contributed by atoms with Crippen molar-refractivity contribution in [3.8, 4) is 11.1 Å². The molecule has 1 amide bonds. The van der Waals surface area contributed by atoms with Gasteiger partial charge in [0.2, 0.25) is 11.9 Å². The Morgan fingerprint density at radius 3 is 2.76 bits per heavy atom. The van der Waals surface area contributed by atoms with E-state index in [-0.39, 0.29) is 17.7 Å². The topological polar surface area (TPSA) is 71.5 Å². The maximum absolute atomic E-state index is 12.6. The van der Waals surface area contributed by atoms with Crippen molar-refractivity contribution >= 4 is 11.9 Å². The van der Waals surface area contributed by atoms with E-state index in [4.69, 9.17) is 9.72 Å². The third-order valence-electron chi connectivity index (χ3n) is 5.69. The van der Waals surface area contributed by atoms with Gasteiger partial charge in [-0.3, -0.25) is 9.78 Å². The zero-order valence-electron chi connectivity index (χ0n) is 17.3. The Balaban J connectivity index is 1.69. The van der Waals surface area contributed by atoms with Gasteiger partial charge in [-0.05, 0) is 18.9 Å².